The first-order valence-corrected chi connectivity index (χ1v) is 9.73. The van der Waals surface area contributed by atoms with Crippen molar-refractivity contribution in [2.45, 2.75) is 33.1 Å². The summed E-state index contributed by atoms with van der Waals surface area (Å²) in [6.07, 6.45) is 1.03. The summed E-state index contributed by atoms with van der Waals surface area (Å²) in [6.45, 7) is 4.21. The maximum absolute atomic E-state index is 12.2. The van der Waals surface area contributed by atoms with Gasteiger partial charge in [0.25, 0.3) is 0 Å². The van der Waals surface area contributed by atoms with Gasteiger partial charge in [0.1, 0.15) is 5.01 Å². The standard InChI is InChI=1S/C20H22N4O2S/c1-13(2)12-19-23-24-20(27-19)22-18(26)11-10-17(25)21-16-9-5-7-14-6-3-4-8-15(14)16/h3-9,13H,10-12H2,1-2H3,(H,21,25)(H,22,24,26). The zero-order valence-corrected chi connectivity index (χ0v) is 16.2. The highest BCUT2D eigenvalue weighted by Gasteiger charge is 2.12. The molecule has 0 unspecified atom stereocenters. The first-order valence-electron chi connectivity index (χ1n) is 8.91. The fourth-order valence-corrected chi connectivity index (χ4v) is 3.66. The molecular weight excluding hydrogens is 360 g/mol. The van der Waals surface area contributed by atoms with E-state index >= 15 is 0 Å². The summed E-state index contributed by atoms with van der Waals surface area (Å²) in [7, 11) is 0. The molecule has 0 spiro atoms. The molecule has 0 fully saturated rings. The number of carbonyl (C=O) groups excluding carboxylic acids is 2. The van der Waals surface area contributed by atoms with E-state index in [-0.39, 0.29) is 24.7 Å². The number of hydrogen-bond acceptors (Lipinski definition) is 5. The van der Waals surface area contributed by atoms with Crippen molar-refractivity contribution in [3.05, 3.63) is 47.5 Å². The summed E-state index contributed by atoms with van der Waals surface area (Å²) in [6, 6.07) is 13.6. The second kappa shape index (κ2) is 8.73. The van der Waals surface area contributed by atoms with Gasteiger partial charge in [0.15, 0.2) is 0 Å². The number of aromatic nitrogens is 2. The number of hydrogen-bond donors (Lipinski definition) is 2. The van der Waals surface area contributed by atoms with Crippen molar-refractivity contribution in [1.29, 1.82) is 0 Å². The van der Waals surface area contributed by atoms with Crippen LogP contribution < -0.4 is 10.6 Å². The molecule has 0 aliphatic rings. The molecule has 6 nitrogen and oxygen atoms in total. The molecule has 1 aromatic heterocycles. The van der Waals surface area contributed by atoms with E-state index in [1.54, 1.807) is 0 Å². The lowest BCUT2D eigenvalue weighted by Crippen LogP contribution is -2.17. The van der Waals surface area contributed by atoms with E-state index < -0.39 is 0 Å². The van der Waals surface area contributed by atoms with Crippen LogP contribution in [0.3, 0.4) is 0 Å². The Morgan fingerprint density at radius 1 is 0.963 bits per heavy atom. The van der Waals surface area contributed by atoms with Crippen LogP contribution >= 0.6 is 11.3 Å². The van der Waals surface area contributed by atoms with Crippen LogP contribution in [0.15, 0.2) is 42.5 Å². The van der Waals surface area contributed by atoms with E-state index in [1.807, 2.05) is 42.5 Å². The van der Waals surface area contributed by atoms with Gasteiger partial charge in [-0.3, -0.25) is 9.59 Å². The van der Waals surface area contributed by atoms with Gasteiger partial charge in [-0.25, -0.2) is 0 Å². The number of nitrogens with zero attached hydrogens (tertiary/aromatic N) is 2. The summed E-state index contributed by atoms with van der Waals surface area (Å²) in [5.74, 6) is 0.0499. The molecule has 0 saturated heterocycles. The number of rotatable bonds is 7. The Morgan fingerprint density at radius 3 is 2.44 bits per heavy atom. The lowest BCUT2D eigenvalue weighted by molar-refractivity contribution is -0.121. The third kappa shape index (κ3) is 5.34. The second-order valence-corrected chi connectivity index (χ2v) is 7.78. The molecule has 140 valence electrons. The topological polar surface area (TPSA) is 84.0 Å². The second-order valence-electron chi connectivity index (χ2n) is 6.72. The van der Waals surface area contributed by atoms with Crippen LogP contribution in [0.5, 0.6) is 0 Å². The van der Waals surface area contributed by atoms with Crippen LogP contribution in [0.4, 0.5) is 10.8 Å². The molecular formula is C20H22N4O2S. The van der Waals surface area contributed by atoms with E-state index in [2.05, 4.69) is 34.7 Å². The normalized spacial score (nSPS) is 10.9. The summed E-state index contributed by atoms with van der Waals surface area (Å²) >= 11 is 1.37. The van der Waals surface area contributed by atoms with E-state index in [0.29, 0.717) is 11.0 Å². The molecule has 1 heterocycles. The third-order valence-corrected chi connectivity index (χ3v) is 4.80. The zero-order valence-electron chi connectivity index (χ0n) is 15.4. The van der Waals surface area contributed by atoms with Crippen LogP contribution in [0.25, 0.3) is 10.8 Å². The molecule has 2 aromatic carbocycles. The average Bonchev–Trinajstić information content (AvgIpc) is 3.06. The molecule has 0 bridgehead atoms. The lowest BCUT2D eigenvalue weighted by Gasteiger charge is -2.08. The van der Waals surface area contributed by atoms with Crippen molar-refractivity contribution in [2.75, 3.05) is 10.6 Å². The fourth-order valence-electron chi connectivity index (χ4n) is 2.69. The number of benzene rings is 2. The Labute approximate surface area is 162 Å². The van der Waals surface area contributed by atoms with Crippen LogP contribution in [0.1, 0.15) is 31.7 Å². The summed E-state index contributed by atoms with van der Waals surface area (Å²) in [4.78, 5) is 24.3. The number of fused-ring (bicyclic) bond motifs is 1. The van der Waals surface area contributed by atoms with Crippen LogP contribution in [-0.4, -0.2) is 22.0 Å². The minimum absolute atomic E-state index is 0.0929. The summed E-state index contributed by atoms with van der Waals surface area (Å²) < 4.78 is 0. The maximum atomic E-state index is 12.2. The minimum atomic E-state index is -0.240. The predicted octanol–water partition coefficient (Wildman–Crippen LogP) is 4.25. The van der Waals surface area contributed by atoms with Crippen molar-refractivity contribution in [3.63, 3.8) is 0 Å². The minimum Gasteiger partial charge on any atom is -0.326 e. The third-order valence-electron chi connectivity index (χ3n) is 3.94. The molecule has 3 aromatic rings. The number of nitrogens with one attached hydrogen (secondary N) is 2. The molecule has 0 radical (unpaired) electrons. The fraction of sp³-hybridized carbons (Fsp3) is 0.300. The van der Waals surface area contributed by atoms with Crippen molar-refractivity contribution in [1.82, 2.24) is 10.2 Å². The first kappa shape index (κ1) is 19.0. The Morgan fingerprint density at radius 2 is 1.67 bits per heavy atom. The maximum Gasteiger partial charge on any atom is 0.226 e. The molecule has 7 heteroatoms. The van der Waals surface area contributed by atoms with E-state index in [9.17, 15) is 9.59 Å². The number of amides is 2. The van der Waals surface area contributed by atoms with E-state index in [4.69, 9.17) is 0 Å². The van der Waals surface area contributed by atoms with Crippen molar-refractivity contribution in [3.8, 4) is 0 Å². The highest BCUT2D eigenvalue weighted by Crippen LogP contribution is 2.23. The molecule has 0 atom stereocenters. The molecule has 0 aliphatic carbocycles. The molecule has 2 N–H and O–H groups in total. The average molecular weight is 382 g/mol. The monoisotopic (exact) mass is 382 g/mol. The molecule has 0 saturated carbocycles. The smallest absolute Gasteiger partial charge is 0.226 e. The van der Waals surface area contributed by atoms with Gasteiger partial charge in [0.2, 0.25) is 16.9 Å². The molecule has 0 aliphatic heterocycles. The van der Waals surface area contributed by atoms with Crippen LogP contribution in [-0.2, 0) is 16.0 Å². The van der Waals surface area contributed by atoms with E-state index in [1.165, 1.54) is 11.3 Å². The van der Waals surface area contributed by atoms with Gasteiger partial charge in [-0.1, -0.05) is 61.6 Å². The lowest BCUT2D eigenvalue weighted by atomic mass is 10.1. The van der Waals surface area contributed by atoms with Gasteiger partial charge in [0, 0.05) is 30.3 Å². The Kier molecular flexibility index (Phi) is 6.13. The van der Waals surface area contributed by atoms with Crippen LogP contribution in [0.2, 0.25) is 0 Å². The van der Waals surface area contributed by atoms with Gasteiger partial charge < -0.3 is 10.6 Å². The van der Waals surface area contributed by atoms with Crippen molar-refractivity contribution < 1.29 is 9.59 Å². The summed E-state index contributed by atoms with van der Waals surface area (Å²) in [5.41, 5.74) is 0.751. The predicted molar refractivity (Wildman–Crippen MR) is 109 cm³/mol. The Balaban J connectivity index is 1.51. The summed E-state index contributed by atoms with van der Waals surface area (Å²) in [5, 5.41) is 17.0. The first-order chi connectivity index (χ1) is 13.0. The van der Waals surface area contributed by atoms with Crippen molar-refractivity contribution >= 4 is 44.7 Å². The quantitative estimate of drug-likeness (QED) is 0.640. The largest absolute Gasteiger partial charge is 0.326 e. The van der Waals surface area contributed by atoms with Gasteiger partial charge in [-0.15, -0.1) is 10.2 Å². The number of carbonyl (C=O) groups is 2. The zero-order chi connectivity index (χ0) is 19.2. The van der Waals surface area contributed by atoms with Gasteiger partial charge >= 0.3 is 0 Å². The van der Waals surface area contributed by atoms with E-state index in [0.717, 1.165) is 27.9 Å². The van der Waals surface area contributed by atoms with Gasteiger partial charge in [-0.2, -0.15) is 0 Å². The van der Waals surface area contributed by atoms with Crippen molar-refractivity contribution in [2.24, 2.45) is 5.92 Å². The molecule has 3 rings (SSSR count). The van der Waals surface area contributed by atoms with Gasteiger partial charge in [0.05, 0.1) is 0 Å². The Bertz CT molecular complexity index is 947. The molecule has 27 heavy (non-hydrogen) atoms. The number of anilines is 2. The Hall–Kier alpha value is -2.80. The highest BCUT2D eigenvalue weighted by atomic mass is 32.1. The molecule has 2 amide bonds. The highest BCUT2D eigenvalue weighted by molar-refractivity contribution is 7.15. The van der Waals surface area contributed by atoms with Crippen LogP contribution in [0, 0.1) is 5.92 Å². The SMILES string of the molecule is CC(C)Cc1nnc(NC(=O)CCC(=O)Nc2cccc3ccccc23)s1. The van der Waals surface area contributed by atoms with Gasteiger partial charge in [-0.05, 0) is 17.4 Å².